The first kappa shape index (κ1) is 11.3. The fraction of sp³-hybridized carbons (Fsp3) is 0.455. The van der Waals surface area contributed by atoms with Crippen molar-refractivity contribution < 1.29 is 0 Å². The maximum atomic E-state index is 4.40. The van der Waals surface area contributed by atoms with Crippen LogP contribution in [-0.2, 0) is 13.0 Å². The predicted molar refractivity (Wildman–Crippen MR) is 65.3 cm³/mol. The number of nitrogens with zero attached hydrogens (tertiary/aromatic N) is 2. The van der Waals surface area contributed by atoms with Crippen LogP contribution in [0.4, 0.5) is 0 Å². The minimum atomic E-state index is 0.179. The summed E-state index contributed by atoms with van der Waals surface area (Å²) in [5, 5.41) is 12.6. The van der Waals surface area contributed by atoms with E-state index in [0.717, 1.165) is 24.6 Å². The van der Waals surface area contributed by atoms with E-state index in [9.17, 15) is 0 Å². The topological polar surface area (TPSA) is 53.6 Å². The Labute approximate surface area is 99.1 Å². The van der Waals surface area contributed by atoms with Gasteiger partial charge in [-0.2, -0.15) is 5.10 Å². The Kier molecular flexibility index (Phi) is 3.69. The van der Waals surface area contributed by atoms with Crippen LogP contribution in [-0.4, -0.2) is 15.2 Å². The SMILES string of the molecule is CCc1nc(C(C)NCc2cccs2)n[nH]1. The average Bonchev–Trinajstić information content (AvgIpc) is 2.96. The lowest BCUT2D eigenvalue weighted by Gasteiger charge is -2.08. The molecular weight excluding hydrogens is 220 g/mol. The molecule has 0 aliphatic heterocycles. The molecule has 0 aliphatic rings. The van der Waals surface area contributed by atoms with Gasteiger partial charge in [-0.15, -0.1) is 11.3 Å². The van der Waals surface area contributed by atoms with Gasteiger partial charge in [-0.1, -0.05) is 13.0 Å². The highest BCUT2D eigenvalue weighted by atomic mass is 32.1. The Hall–Kier alpha value is -1.20. The highest BCUT2D eigenvalue weighted by Crippen LogP contribution is 2.11. The highest BCUT2D eigenvalue weighted by molar-refractivity contribution is 7.09. The van der Waals surface area contributed by atoms with Crippen LogP contribution < -0.4 is 5.32 Å². The Balaban J connectivity index is 1.90. The zero-order valence-corrected chi connectivity index (χ0v) is 10.3. The van der Waals surface area contributed by atoms with Crippen LogP contribution >= 0.6 is 11.3 Å². The van der Waals surface area contributed by atoms with Crippen LogP contribution in [0.25, 0.3) is 0 Å². The minimum Gasteiger partial charge on any atom is -0.303 e. The van der Waals surface area contributed by atoms with Crippen LogP contribution in [0.2, 0.25) is 0 Å². The smallest absolute Gasteiger partial charge is 0.167 e. The van der Waals surface area contributed by atoms with Crippen LogP contribution in [0.3, 0.4) is 0 Å². The molecule has 0 saturated heterocycles. The van der Waals surface area contributed by atoms with Crippen LogP contribution in [0, 0.1) is 0 Å². The largest absolute Gasteiger partial charge is 0.303 e. The van der Waals surface area contributed by atoms with Gasteiger partial charge in [0.15, 0.2) is 5.82 Å². The molecule has 0 aliphatic carbocycles. The molecule has 2 heterocycles. The fourth-order valence-corrected chi connectivity index (χ4v) is 2.08. The highest BCUT2D eigenvalue weighted by Gasteiger charge is 2.10. The number of hydrogen-bond donors (Lipinski definition) is 2. The van der Waals surface area contributed by atoms with Gasteiger partial charge in [0.05, 0.1) is 6.04 Å². The number of hydrogen-bond acceptors (Lipinski definition) is 4. The van der Waals surface area contributed by atoms with E-state index in [1.165, 1.54) is 4.88 Å². The number of H-pyrrole nitrogens is 1. The predicted octanol–water partition coefficient (Wildman–Crippen LogP) is 2.28. The van der Waals surface area contributed by atoms with Crippen molar-refractivity contribution in [2.75, 3.05) is 0 Å². The lowest BCUT2D eigenvalue weighted by atomic mass is 10.3. The van der Waals surface area contributed by atoms with Gasteiger partial charge in [0, 0.05) is 17.8 Å². The second kappa shape index (κ2) is 5.23. The Morgan fingerprint density at radius 2 is 2.44 bits per heavy atom. The average molecular weight is 236 g/mol. The Morgan fingerprint density at radius 1 is 1.56 bits per heavy atom. The lowest BCUT2D eigenvalue weighted by Crippen LogP contribution is -2.18. The summed E-state index contributed by atoms with van der Waals surface area (Å²) in [7, 11) is 0. The van der Waals surface area contributed by atoms with E-state index in [2.05, 4.69) is 51.9 Å². The summed E-state index contributed by atoms with van der Waals surface area (Å²) >= 11 is 1.76. The number of aromatic nitrogens is 3. The van der Waals surface area contributed by atoms with Gasteiger partial charge in [-0.05, 0) is 18.4 Å². The minimum absolute atomic E-state index is 0.179. The molecule has 2 N–H and O–H groups in total. The molecule has 0 amide bonds. The van der Waals surface area contributed by atoms with Gasteiger partial charge < -0.3 is 5.32 Å². The van der Waals surface area contributed by atoms with Crippen molar-refractivity contribution in [1.82, 2.24) is 20.5 Å². The molecule has 0 spiro atoms. The normalized spacial score (nSPS) is 12.9. The summed E-state index contributed by atoms with van der Waals surface area (Å²) in [4.78, 5) is 5.73. The molecule has 0 aromatic carbocycles. The standard InChI is InChI=1S/C11H16N4S/c1-3-10-13-11(15-14-10)8(2)12-7-9-5-4-6-16-9/h4-6,8,12H,3,7H2,1-2H3,(H,13,14,15). The van der Waals surface area contributed by atoms with Crippen molar-refractivity contribution in [2.24, 2.45) is 0 Å². The van der Waals surface area contributed by atoms with Crippen LogP contribution in [0.1, 0.15) is 36.4 Å². The third-order valence-electron chi connectivity index (χ3n) is 2.43. The zero-order chi connectivity index (χ0) is 11.4. The quantitative estimate of drug-likeness (QED) is 0.837. The molecule has 1 atom stereocenters. The first-order valence-corrected chi connectivity index (χ1v) is 6.34. The summed E-state index contributed by atoms with van der Waals surface area (Å²) in [6.45, 7) is 5.01. The molecular formula is C11H16N4S. The first-order valence-electron chi connectivity index (χ1n) is 5.46. The molecule has 0 bridgehead atoms. The third kappa shape index (κ3) is 2.68. The van der Waals surface area contributed by atoms with Gasteiger partial charge in [-0.25, -0.2) is 4.98 Å². The van der Waals surface area contributed by atoms with E-state index < -0.39 is 0 Å². The summed E-state index contributed by atoms with van der Waals surface area (Å²) in [6, 6.07) is 4.37. The van der Waals surface area contributed by atoms with Crippen molar-refractivity contribution >= 4 is 11.3 Å². The monoisotopic (exact) mass is 236 g/mol. The number of aromatic amines is 1. The summed E-state index contributed by atoms with van der Waals surface area (Å²) in [6.07, 6.45) is 0.893. The Bertz CT molecular complexity index is 421. The maximum Gasteiger partial charge on any atom is 0.167 e. The summed E-state index contributed by atoms with van der Waals surface area (Å²) < 4.78 is 0. The Morgan fingerprint density at radius 3 is 3.06 bits per heavy atom. The van der Waals surface area contributed by atoms with Gasteiger partial charge in [-0.3, -0.25) is 5.10 Å². The molecule has 16 heavy (non-hydrogen) atoms. The summed E-state index contributed by atoms with van der Waals surface area (Å²) in [5.74, 6) is 1.79. The van der Waals surface area contributed by atoms with Gasteiger partial charge in [0.1, 0.15) is 5.82 Å². The van der Waals surface area contributed by atoms with Crippen molar-refractivity contribution in [3.05, 3.63) is 34.0 Å². The number of rotatable bonds is 5. The second-order valence-electron chi connectivity index (χ2n) is 3.68. The molecule has 2 aromatic heterocycles. The van der Waals surface area contributed by atoms with Crippen molar-refractivity contribution in [2.45, 2.75) is 32.9 Å². The third-order valence-corrected chi connectivity index (χ3v) is 3.31. The van der Waals surface area contributed by atoms with Crippen LogP contribution in [0.15, 0.2) is 17.5 Å². The summed E-state index contributed by atoms with van der Waals surface area (Å²) in [5.41, 5.74) is 0. The van der Waals surface area contributed by atoms with E-state index >= 15 is 0 Å². The fourth-order valence-electron chi connectivity index (χ4n) is 1.42. The zero-order valence-electron chi connectivity index (χ0n) is 9.53. The number of aryl methyl sites for hydroxylation is 1. The first-order chi connectivity index (χ1) is 7.79. The van der Waals surface area contributed by atoms with Crippen molar-refractivity contribution in [1.29, 1.82) is 0 Å². The van der Waals surface area contributed by atoms with Gasteiger partial charge in [0.2, 0.25) is 0 Å². The van der Waals surface area contributed by atoms with Crippen LogP contribution in [0.5, 0.6) is 0 Å². The van der Waals surface area contributed by atoms with E-state index in [1.54, 1.807) is 11.3 Å². The number of thiophene rings is 1. The molecule has 0 fully saturated rings. The second-order valence-corrected chi connectivity index (χ2v) is 4.71. The van der Waals surface area contributed by atoms with E-state index in [4.69, 9.17) is 0 Å². The van der Waals surface area contributed by atoms with Gasteiger partial charge in [0.25, 0.3) is 0 Å². The molecule has 5 heteroatoms. The number of nitrogens with one attached hydrogen (secondary N) is 2. The molecule has 4 nitrogen and oxygen atoms in total. The van der Waals surface area contributed by atoms with Gasteiger partial charge >= 0.3 is 0 Å². The molecule has 2 rings (SSSR count). The van der Waals surface area contributed by atoms with E-state index in [0.29, 0.717) is 0 Å². The maximum absolute atomic E-state index is 4.40. The molecule has 0 saturated carbocycles. The molecule has 1 unspecified atom stereocenters. The molecule has 2 aromatic rings. The van der Waals surface area contributed by atoms with E-state index in [-0.39, 0.29) is 6.04 Å². The lowest BCUT2D eigenvalue weighted by molar-refractivity contribution is 0.551. The van der Waals surface area contributed by atoms with Crippen molar-refractivity contribution in [3.8, 4) is 0 Å². The molecule has 0 radical (unpaired) electrons. The van der Waals surface area contributed by atoms with Crippen molar-refractivity contribution in [3.63, 3.8) is 0 Å². The van der Waals surface area contributed by atoms with E-state index in [1.807, 2.05) is 0 Å². The molecule has 86 valence electrons.